The van der Waals surface area contributed by atoms with Gasteiger partial charge in [0.15, 0.2) is 0 Å². The van der Waals surface area contributed by atoms with Crippen LogP contribution in [0.3, 0.4) is 0 Å². The number of esters is 1. The molecule has 0 aromatic heterocycles. The van der Waals surface area contributed by atoms with Gasteiger partial charge in [-0.2, -0.15) is 0 Å². The molecule has 0 atom stereocenters. The summed E-state index contributed by atoms with van der Waals surface area (Å²) in [4.78, 5) is 32.4. The Morgan fingerprint density at radius 1 is 0.825 bits per heavy atom. The highest BCUT2D eigenvalue weighted by Crippen LogP contribution is 2.24. The van der Waals surface area contributed by atoms with Crippen molar-refractivity contribution in [1.29, 1.82) is 0 Å². The van der Waals surface area contributed by atoms with Gasteiger partial charge >= 0.3 is 5.97 Å². The summed E-state index contributed by atoms with van der Waals surface area (Å²) in [5, 5.41) is 0. The maximum Gasteiger partial charge on any atom is 0.310 e. The first-order chi connectivity index (χ1) is 19.5. The Morgan fingerprint density at radius 3 is 2.23 bits per heavy atom. The van der Waals surface area contributed by atoms with E-state index in [1.807, 2.05) is 60.5 Å². The number of hydrogen-bond donors (Lipinski definition) is 0. The lowest BCUT2D eigenvalue weighted by atomic mass is 9.98. The normalized spacial score (nSPS) is 16.6. The number of likely N-dealkylation sites (tertiary alicyclic amines) is 2. The van der Waals surface area contributed by atoms with Crippen molar-refractivity contribution >= 4 is 11.9 Å². The fourth-order valence-electron chi connectivity index (χ4n) is 5.77. The lowest BCUT2D eigenvalue weighted by Gasteiger charge is -2.32. The van der Waals surface area contributed by atoms with Gasteiger partial charge in [0.05, 0.1) is 6.42 Å². The molecule has 3 aromatic carbocycles. The summed E-state index contributed by atoms with van der Waals surface area (Å²) in [6.45, 7) is 6.54. The van der Waals surface area contributed by atoms with E-state index < -0.39 is 0 Å². The molecule has 0 radical (unpaired) electrons. The fraction of sp³-hybridized carbons (Fsp3) is 0.412. The molecular formula is C34H41N3O3. The van der Waals surface area contributed by atoms with Crippen molar-refractivity contribution in [3.63, 3.8) is 0 Å². The van der Waals surface area contributed by atoms with Gasteiger partial charge in [-0.25, -0.2) is 0 Å². The predicted molar refractivity (Wildman–Crippen MR) is 159 cm³/mol. The zero-order valence-electron chi connectivity index (χ0n) is 23.6. The third-order valence-corrected chi connectivity index (χ3v) is 8.17. The molecule has 40 heavy (non-hydrogen) atoms. The van der Waals surface area contributed by atoms with Crippen LogP contribution in [-0.2, 0) is 22.5 Å². The van der Waals surface area contributed by atoms with Crippen molar-refractivity contribution in [1.82, 2.24) is 14.7 Å². The minimum atomic E-state index is -0.168. The van der Waals surface area contributed by atoms with Crippen LogP contribution < -0.4 is 0 Å². The molecule has 0 bridgehead atoms. The van der Waals surface area contributed by atoms with E-state index in [0.29, 0.717) is 6.54 Å². The summed E-state index contributed by atoms with van der Waals surface area (Å²) in [5.41, 5.74) is 5.19. The Kier molecular flexibility index (Phi) is 9.63. The molecular weight excluding hydrogens is 498 g/mol. The van der Waals surface area contributed by atoms with Gasteiger partial charge in [-0.05, 0) is 73.2 Å². The lowest BCUT2D eigenvalue weighted by molar-refractivity contribution is -0.150. The fourth-order valence-corrected chi connectivity index (χ4v) is 5.77. The molecule has 210 valence electrons. The lowest BCUT2D eigenvalue weighted by Crippen LogP contribution is -2.42. The van der Waals surface area contributed by atoms with Crippen LogP contribution in [-0.4, -0.2) is 79.0 Å². The van der Waals surface area contributed by atoms with E-state index in [1.165, 1.54) is 31.5 Å². The Hall–Kier alpha value is -3.48. The van der Waals surface area contributed by atoms with Crippen LogP contribution in [0.4, 0.5) is 0 Å². The Bertz CT molecular complexity index is 1250. The number of likely N-dealkylation sites (N-methyl/N-ethyl adjacent to an activating group) is 1. The van der Waals surface area contributed by atoms with Crippen molar-refractivity contribution in [2.45, 2.75) is 44.8 Å². The van der Waals surface area contributed by atoms with Gasteiger partial charge in [-0.1, -0.05) is 66.7 Å². The number of amides is 1. The topological polar surface area (TPSA) is 53.1 Å². The minimum absolute atomic E-state index is 0.0499. The van der Waals surface area contributed by atoms with Gasteiger partial charge in [0.2, 0.25) is 0 Å². The van der Waals surface area contributed by atoms with Gasteiger partial charge in [0, 0.05) is 45.3 Å². The maximum atomic E-state index is 13.0. The standard InChI is InChI=1S/C34H41N3O3/c1-35(34(39)29-15-13-27(14-16-29)26-37-19-7-8-20-37)23-24-36-21-17-31(18-22-36)40-33(38)25-30-11-5-6-12-32(30)28-9-3-2-4-10-28/h2-6,9-16,31H,7-8,17-26H2,1H3. The first-order valence-corrected chi connectivity index (χ1v) is 14.7. The molecule has 1 amide bonds. The highest BCUT2D eigenvalue weighted by Gasteiger charge is 2.23. The number of carbonyl (C=O) groups excluding carboxylic acids is 2. The molecule has 0 aliphatic carbocycles. The summed E-state index contributed by atoms with van der Waals surface area (Å²) in [5.74, 6) is -0.106. The van der Waals surface area contributed by atoms with Crippen molar-refractivity contribution in [2.75, 3.05) is 46.3 Å². The number of hydrogen-bond acceptors (Lipinski definition) is 5. The molecule has 3 aromatic rings. The maximum absolute atomic E-state index is 13.0. The van der Waals surface area contributed by atoms with Gasteiger partial charge in [0.25, 0.3) is 5.91 Å². The average molecular weight is 540 g/mol. The molecule has 2 fully saturated rings. The van der Waals surface area contributed by atoms with Crippen LogP contribution in [0.5, 0.6) is 0 Å². The zero-order chi connectivity index (χ0) is 27.7. The van der Waals surface area contributed by atoms with E-state index in [9.17, 15) is 9.59 Å². The van der Waals surface area contributed by atoms with Crippen LogP contribution in [0.2, 0.25) is 0 Å². The highest BCUT2D eigenvalue weighted by atomic mass is 16.5. The number of ether oxygens (including phenoxy) is 1. The van der Waals surface area contributed by atoms with Gasteiger partial charge in [-0.15, -0.1) is 0 Å². The van der Waals surface area contributed by atoms with Crippen LogP contribution in [0.15, 0.2) is 78.9 Å². The number of benzene rings is 3. The highest BCUT2D eigenvalue weighted by molar-refractivity contribution is 5.94. The average Bonchev–Trinajstić information content (AvgIpc) is 3.50. The second kappa shape index (κ2) is 13.7. The molecule has 2 aliphatic heterocycles. The Balaban J connectivity index is 1.03. The van der Waals surface area contributed by atoms with Crippen molar-refractivity contribution in [2.24, 2.45) is 0 Å². The number of piperidine rings is 1. The van der Waals surface area contributed by atoms with Gasteiger partial charge < -0.3 is 14.5 Å². The van der Waals surface area contributed by atoms with E-state index >= 15 is 0 Å². The SMILES string of the molecule is CN(CCN1CCC(OC(=O)Cc2ccccc2-c2ccccc2)CC1)C(=O)c1ccc(CN2CCCC2)cc1. The van der Waals surface area contributed by atoms with Gasteiger partial charge in [0.1, 0.15) is 6.10 Å². The first-order valence-electron chi connectivity index (χ1n) is 14.7. The summed E-state index contributed by atoms with van der Waals surface area (Å²) in [6, 6.07) is 26.3. The van der Waals surface area contributed by atoms with Crippen molar-refractivity contribution in [3.8, 4) is 11.1 Å². The quantitative estimate of drug-likeness (QED) is 0.329. The van der Waals surface area contributed by atoms with Gasteiger partial charge in [-0.3, -0.25) is 14.5 Å². The second-order valence-corrected chi connectivity index (χ2v) is 11.1. The summed E-state index contributed by atoms with van der Waals surface area (Å²) < 4.78 is 5.87. The molecule has 6 nitrogen and oxygen atoms in total. The van der Waals surface area contributed by atoms with Crippen LogP contribution in [0, 0.1) is 0 Å². The van der Waals surface area contributed by atoms with E-state index in [4.69, 9.17) is 4.74 Å². The Morgan fingerprint density at radius 2 is 1.50 bits per heavy atom. The molecule has 2 aliphatic rings. The van der Waals surface area contributed by atoms with E-state index in [1.54, 1.807) is 0 Å². The number of rotatable bonds is 10. The van der Waals surface area contributed by atoms with Crippen molar-refractivity contribution < 1.29 is 14.3 Å². The summed E-state index contributed by atoms with van der Waals surface area (Å²) >= 11 is 0. The molecule has 0 saturated carbocycles. The molecule has 0 unspecified atom stereocenters. The largest absolute Gasteiger partial charge is 0.462 e. The third kappa shape index (κ3) is 7.58. The van der Waals surface area contributed by atoms with E-state index in [-0.39, 0.29) is 24.4 Å². The van der Waals surface area contributed by atoms with Crippen LogP contribution >= 0.6 is 0 Å². The van der Waals surface area contributed by atoms with Crippen molar-refractivity contribution in [3.05, 3.63) is 95.6 Å². The van der Waals surface area contributed by atoms with Crippen LogP contribution in [0.1, 0.15) is 47.2 Å². The van der Waals surface area contributed by atoms with E-state index in [2.05, 4.69) is 40.1 Å². The molecule has 0 N–H and O–H groups in total. The number of nitrogens with zero attached hydrogens (tertiary/aromatic N) is 3. The molecule has 5 rings (SSSR count). The first kappa shape index (κ1) is 28.1. The summed E-state index contributed by atoms with van der Waals surface area (Å²) in [6.07, 6.45) is 4.44. The monoisotopic (exact) mass is 539 g/mol. The predicted octanol–water partition coefficient (Wildman–Crippen LogP) is 5.27. The smallest absolute Gasteiger partial charge is 0.310 e. The molecule has 2 saturated heterocycles. The molecule has 6 heteroatoms. The number of carbonyl (C=O) groups is 2. The summed E-state index contributed by atoms with van der Waals surface area (Å²) in [7, 11) is 1.88. The minimum Gasteiger partial charge on any atom is -0.462 e. The third-order valence-electron chi connectivity index (χ3n) is 8.17. The zero-order valence-corrected chi connectivity index (χ0v) is 23.6. The Labute approximate surface area is 238 Å². The second-order valence-electron chi connectivity index (χ2n) is 11.1. The molecule has 0 spiro atoms. The van der Waals surface area contributed by atoms with E-state index in [0.717, 1.165) is 61.3 Å². The van der Waals surface area contributed by atoms with Crippen LogP contribution in [0.25, 0.3) is 11.1 Å². The molecule has 2 heterocycles.